The molecule has 5 heteroatoms. The van der Waals surface area contributed by atoms with E-state index in [9.17, 15) is 8.42 Å². The van der Waals surface area contributed by atoms with Crippen LogP contribution < -0.4 is 5.73 Å². The van der Waals surface area contributed by atoms with Gasteiger partial charge in [-0.15, -0.1) is 0 Å². The van der Waals surface area contributed by atoms with Crippen LogP contribution in [0.3, 0.4) is 0 Å². The van der Waals surface area contributed by atoms with Gasteiger partial charge in [0.15, 0.2) is 4.90 Å². The van der Waals surface area contributed by atoms with Crippen LogP contribution in [0.15, 0.2) is 41.3 Å². The summed E-state index contributed by atoms with van der Waals surface area (Å²) in [6.07, 6.45) is 6.38. The van der Waals surface area contributed by atoms with Gasteiger partial charge in [0, 0.05) is 11.5 Å². The van der Waals surface area contributed by atoms with Crippen LogP contribution in [-0.4, -0.2) is 15.0 Å². The van der Waals surface area contributed by atoms with E-state index in [-0.39, 0.29) is 11.5 Å². The van der Waals surface area contributed by atoms with Crippen LogP contribution in [0.2, 0.25) is 0 Å². The lowest BCUT2D eigenvalue weighted by atomic mass is 10.1. The summed E-state index contributed by atoms with van der Waals surface area (Å²) >= 11 is 0. The van der Waals surface area contributed by atoms with Gasteiger partial charge in [-0.3, -0.25) is 4.18 Å². The summed E-state index contributed by atoms with van der Waals surface area (Å²) in [7, 11) is -3.76. The molecular formula is C20H31NO3S. The Bertz CT molecular complexity index is 740. The molecule has 2 aromatic rings. The Labute approximate surface area is 152 Å². The molecule has 0 unspecified atom stereocenters. The lowest BCUT2D eigenvalue weighted by molar-refractivity contribution is -0.258. The highest BCUT2D eigenvalue weighted by molar-refractivity contribution is 7.87. The molecule has 0 fully saturated rings. The standard InChI is InChI=1S/C15H19NO3S.C5H11/c1-2-3-6-11-19-20(17,18)15-13-8-5-4-7-12(13)9-10-14(15)16;1-3-5-4-2/h4-5,7-10H,2-3,6,11,16H2,1H3;1,3-5H2,2H3/q;-1/p+1. The van der Waals surface area contributed by atoms with Crippen LogP contribution in [0.1, 0.15) is 52.4 Å². The Morgan fingerprint density at radius 1 is 1.00 bits per heavy atom. The van der Waals surface area contributed by atoms with Crippen LogP contribution >= 0.6 is 0 Å². The SMILES string of the molecule is CCCCCOS(=O)(=O)c1c([NH3+])ccc2ccccc12.[CH2-]CCCC. The Morgan fingerprint density at radius 2 is 1.68 bits per heavy atom. The van der Waals surface area contributed by atoms with Crippen LogP contribution in [0.25, 0.3) is 10.8 Å². The van der Waals surface area contributed by atoms with E-state index >= 15 is 0 Å². The quantitative estimate of drug-likeness (QED) is 0.421. The molecular weight excluding hydrogens is 334 g/mol. The minimum absolute atomic E-state index is 0.187. The Morgan fingerprint density at radius 3 is 2.28 bits per heavy atom. The summed E-state index contributed by atoms with van der Waals surface area (Å²) in [5.41, 5.74) is 4.29. The van der Waals surface area contributed by atoms with Gasteiger partial charge in [0.2, 0.25) is 0 Å². The molecule has 0 aliphatic carbocycles. The smallest absolute Gasteiger partial charge is 0.303 e. The summed E-state index contributed by atoms with van der Waals surface area (Å²) in [5.74, 6) is 0. The second-order valence-corrected chi connectivity index (χ2v) is 7.52. The van der Waals surface area contributed by atoms with E-state index in [0.29, 0.717) is 11.1 Å². The molecule has 0 aliphatic heterocycles. The number of fused-ring (bicyclic) bond motifs is 1. The Balaban J connectivity index is 0.000000550. The third kappa shape index (κ3) is 6.77. The summed E-state index contributed by atoms with van der Waals surface area (Å²) in [4.78, 5) is 0.187. The van der Waals surface area contributed by atoms with Crippen molar-refractivity contribution in [1.82, 2.24) is 0 Å². The van der Waals surface area contributed by atoms with Crippen molar-refractivity contribution in [2.75, 3.05) is 6.61 Å². The van der Waals surface area contributed by atoms with Crippen molar-refractivity contribution in [3.05, 3.63) is 43.3 Å². The number of benzene rings is 2. The zero-order valence-corrected chi connectivity index (χ0v) is 16.3. The Hall–Kier alpha value is -1.43. The monoisotopic (exact) mass is 365 g/mol. The normalized spacial score (nSPS) is 11.2. The van der Waals surface area contributed by atoms with Crippen molar-refractivity contribution in [3.63, 3.8) is 0 Å². The maximum Gasteiger partial charge on any atom is 0.303 e. The highest BCUT2D eigenvalue weighted by atomic mass is 32.2. The third-order valence-electron chi connectivity index (χ3n) is 3.80. The molecule has 0 atom stereocenters. The van der Waals surface area contributed by atoms with Crippen molar-refractivity contribution >= 4 is 26.6 Å². The molecule has 0 spiro atoms. The van der Waals surface area contributed by atoms with Crippen LogP contribution in [0.5, 0.6) is 0 Å². The van der Waals surface area contributed by atoms with Gasteiger partial charge in [-0.25, -0.2) is 0 Å². The van der Waals surface area contributed by atoms with Gasteiger partial charge in [0.1, 0.15) is 5.69 Å². The summed E-state index contributed by atoms with van der Waals surface area (Å²) in [5, 5.41) is 1.53. The van der Waals surface area contributed by atoms with Crippen molar-refractivity contribution in [1.29, 1.82) is 0 Å². The number of unbranched alkanes of at least 4 members (excludes halogenated alkanes) is 4. The average Bonchev–Trinajstić information content (AvgIpc) is 2.59. The van der Waals surface area contributed by atoms with E-state index in [0.717, 1.165) is 31.1 Å². The predicted octanol–water partition coefficient (Wildman–Crippen LogP) is 4.62. The molecule has 0 aromatic heterocycles. The fourth-order valence-electron chi connectivity index (χ4n) is 2.41. The maximum atomic E-state index is 12.4. The first-order chi connectivity index (χ1) is 12.0. The molecule has 0 amide bonds. The topological polar surface area (TPSA) is 71.0 Å². The molecule has 3 N–H and O–H groups in total. The minimum atomic E-state index is -3.76. The molecule has 2 aromatic carbocycles. The average molecular weight is 366 g/mol. The number of rotatable bonds is 8. The molecule has 140 valence electrons. The van der Waals surface area contributed by atoms with Gasteiger partial charge in [0.25, 0.3) is 0 Å². The van der Waals surface area contributed by atoms with Crippen LogP contribution in [0.4, 0.5) is 5.69 Å². The number of quaternary nitrogens is 1. The molecule has 0 heterocycles. The van der Waals surface area contributed by atoms with Gasteiger partial charge in [-0.05, 0) is 17.9 Å². The molecule has 0 aliphatic rings. The Kier molecular flexibility index (Phi) is 9.71. The highest BCUT2D eigenvalue weighted by Crippen LogP contribution is 2.29. The first-order valence-corrected chi connectivity index (χ1v) is 10.4. The minimum Gasteiger partial charge on any atom is -0.343 e. The second kappa shape index (κ2) is 11.2. The predicted molar refractivity (Wildman–Crippen MR) is 104 cm³/mol. The first-order valence-electron chi connectivity index (χ1n) is 9.00. The van der Waals surface area contributed by atoms with Gasteiger partial charge in [-0.2, -0.15) is 14.8 Å². The molecule has 2 rings (SSSR count). The third-order valence-corrected chi connectivity index (χ3v) is 5.26. The number of hydrogen-bond donors (Lipinski definition) is 1. The van der Waals surface area contributed by atoms with Gasteiger partial charge >= 0.3 is 10.1 Å². The van der Waals surface area contributed by atoms with E-state index in [1.807, 2.05) is 24.3 Å². The molecule has 4 nitrogen and oxygen atoms in total. The lowest BCUT2D eigenvalue weighted by Gasteiger charge is -2.09. The van der Waals surface area contributed by atoms with E-state index in [1.165, 1.54) is 12.8 Å². The largest absolute Gasteiger partial charge is 0.343 e. The fraction of sp³-hybridized carbons (Fsp3) is 0.450. The molecule has 0 saturated carbocycles. The van der Waals surface area contributed by atoms with Crippen molar-refractivity contribution in [3.8, 4) is 0 Å². The number of hydrogen-bond acceptors (Lipinski definition) is 3. The zero-order chi connectivity index (χ0) is 18.7. The van der Waals surface area contributed by atoms with Crippen molar-refractivity contribution in [2.24, 2.45) is 0 Å². The van der Waals surface area contributed by atoms with Crippen LogP contribution in [0, 0.1) is 6.92 Å². The van der Waals surface area contributed by atoms with E-state index in [1.54, 1.807) is 12.1 Å². The fourth-order valence-corrected chi connectivity index (χ4v) is 3.71. The molecule has 0 radical (unpaired) electrons. The van der Waals surface area contributed by atoms with Gasteiger partial charge in [-0.1, -0.05) is 63.8 Å². The molecule has 0 saturated heterocycles. The van der Waals surface area contributed by atoms with Gasteiger partial charge in [0.05, 0.1) is 6.61 Å². The summed E-state index contributed by atoms with van der Waals surface area (Å²) in [6.45, 7) is 8.13. The lowest BCUT2D eigenvalue weighted by Crippen LogP contribution is -2.42. The summed E-state index contributed by atoms with van der Waals surface area (Å²) in [6, 6.07) is 10.9. The van der Waals surface area contributed by atoms with E-state index in [4.69, 9.17) is 4.18 Å². The summed E-state index contributed by atoms with van der Waals surface area (Å²) < 4.78 is 29.9. The molecule has 0 bridgehead atoms. The molecule has 25 heavy (non-hydrogen) atoms. The van der Waals surface area contributed by atoms with Crippen LogP contribution in [-0.2, 0) is 14.3 Å². The second-order valence-electron chi connectivity index (χ2n) is 5.97. The van der Waals surface area contributed by atoms with Crippen molar-refractivity contribution < 1.29 is 18.3 Å². The van der Waals surface area contributed by atoms with Gasteiger partial charge < -0.3 is 12.7 Å². The maximum absolute atomic E-state index is 12.4. The van der Waals surface area contributed by atoms with E-state index in [2.05, 4.69) is 26.5 Å². The first kappa shape index (κ1) is 21.6. The highest BCUT2D eigenvalue weighted by Gasteiger charge is 2.23. The van der Waals surface area contributed by atoms with E-state index < -0.39 is 10.1 Å². The van der Waals surface area contributed by atoms with Crippen molar-refractivity contribution in [2.45, 2.75) is 57.3 Å². The zero-order valence-electron chi connectivity index (χ0n) is 15.5.